The Balaban J connectivity index is 1.70. The van der Waals surface area contributed by atoms with Crippen LogP contribution in [-0.2, 0) is 24.3 Å². The van der Waals surface area contributed by atoms with Crippen molar-refractivity contribution in [1.29, 1.82) is 0 Å². The van der Waals surface area contributed by atoms with Crippen molar-refractivity contribution in [2.75, 3.05) is 11.9 Å². The molecule has 98 valence electrons. The van der Waals surface area contributed by atoms with Crippen LogP contribution in [0.3, 0.4) is 0 Å². The molecule has 0 bridgehead atoms. The van der Waals surface area contributed by atoms with Gasteiger partial charge in [-0.3, -0.25) is 0 Å². The predicted molar refractivity (Wildman–Crippen MR) is 81.3 cm³/mol. The van der Waals surface area contributed by atoms with E-state index in [4.69, 9.17) is 4.74 Å². The first-order valence-electron chi connectivity index (χ1n) is 6.49. The fraction of sp³-hybridized carbons (Fsp3) is 0.250. The number of hydrogen-bond acceptors (Lipinski definition) is 2. The highest BCUT2D eigenvalue weighted by atomic mass is 79.9. The van der Waals surface area contributed by atoms with Crippen molar-refractivity contribution in [3.63, 3.8) is 0 Å². The number of halogens is 1. The van der Waals surface area contributed by atoms with Gasteiger partial charge < -0.3 is 10.1 Å². The Morgan fingerprint density at radius 1 is 1.11 bits per heavy atom. The van der Waals surface area contributed by atoms with E-state index in [0.29, 0.717) is 0 Å². The number of rotatable bonds is 3. The minimum atomic E-state index is 0.738. The SMILES string of the molecule is Brc1cccc(CNc2ccc3c(c2)COCC3)c1. The molecule has 0 spiro atoms. The monoisotopic (exact) mass is 317 g/mol. The van der Waals surface area contributed by atoms with Gasteiger partial charge >= 0.3 is 0 Å². The van der Waals surface area contributed by atoms with Gasteiger partial charge in [-0.05, 0) is 47.4 Å². The van der Waals surface area contributed by atoms with Crippen LogP contribution in [0.15, 0.2) is 46.9 Å². The molecule has 3 rings (SSSR count). The van der Waals surface area contributed by atoms with Gasteiger partial charge in [-0.1, -0.05) is 34.1 Å². The number of benzene rings is 2. The molecule has 0 saturated carbocycles. The molecule has 1 aliphatic rings. The topological polar surface area (TPSA) is 21.3 Å². The van der Waals surface area contributed by atoms with Gasteiger partial charge in [-0.15, -0.1) is 0 Å². The lowest BCUT2D eigenvalue weighted by molar-refractivity contribution is 0.111. The standard InChI is InChI=1S/C16H16BrNO/c17-15-3-1-2-12(8-15)10-18-16-5-4-13-6-7-19-11-14(13)9-16/h1-5,8-9,18H,6-7,10-11H2. The molecule has 1 N–H and O–H groups in total. The molecule has 0 atom stereocenters. The Morgan fingerprint density at radius 2 is 2.05 bits per heavy atom. The highest BCUT2D eigenvalue weighted by Gasteiger charge is 2.09. The first-order valence-corrected chi connectivity index (χ1v) is 7.28. The molecule has 3 heteroatoms. The maximum Gasteiger partial charge on any atom is 0.0720 e. The van der Waals surface area contributed by atoms with E-state index >= 15 is 0 Å². The van der Waals surface area contributed by atoms with Crippen LogP contribution in [0.1, 0.15) is 16.7 Å². The lowest BCUT2D eigenvalue weighted by atomic mass is 10.0. The first kappa shape index (κ1) is 12.7. The fourth-order valence-electron chi connectivity index (χ4n) is 2.33. The molecule has 0 aromatic heterocycles. The van der Waals surface area contributed by atoms with Crippen molar-refractivity contribution in [2.24, 2.45) is 0 Å². The van der Waals surface area contributed by atoms with E-state index in [0.717, 1.165) is 36.3 Å². The van der Waals surface area contributed by atoms with Crippen molar-refractivity contribution in [3.8, 4) is 0 Å². The van der Waals surface area contributed by atoms with Gasteiger partial charge in [-0.25, -0.2) is 0 Å². The lowest BCUT2D eigenvalue weighted by Crippen LogP contribution is -2.10. The summed E-state index contributed by atoms with van der Waals surface area (Å²) in [6.07, 6.45) is 1.03. The quantitative estimate of drug-likeness (QED) is 0.918. The zero-order valence-electron chi connectivity index (χ0n) is 10.7. The van der Waals surface area contributed by atoms with Crippen LogP contribution in [0.5, 0.6) is 0 Å². The van der Waals surface area contributed by atoms with Gasteiger partial charge in [-0.2, -0.15) is 0 Å². The molecule has 2 aromatic rings. The van der Waals surface area contributed by atoms with Crippen molar-refractivity contribution in [3.05, 3.63) is 63.6 Å². The lowest BCUT2D eigenvalue weighted by Gasteiger charge is -2.17. The molecule has 0 unspecified atom stereocenters. The van der Waals surface area contributed by atoms with E-state index in [1.165, 1.54) is 16.7 Å². The van der Waals surface area contributed by atoms with E-state index in [9.17, 15) is 0 Å². The van der Waals surface area contributed by atoms with E-state index in [-0.39, 0.29) is 0 Å². The van der Waals surface area contributed by atoms with Gasteiger partial charge in [0.2, 0.25) is 0 Å². The van der Waals surface area contributed by atoms with Gasteiger partial charge in [0.05, 0.1) is 13.2 Å². The zero-order chi connectivity index (χ0) is 13.1. The molecule has 0 radical (unpaired) electrons. The highest BCUT2D eigenvalue weighted by molar-refractivity contribution is 9.10. The average molecular weight is 318 g/mol. The summed E-state index contributed by atoms with van der Waals surface area (Å²) >= 11 is 3.49. The van der Waals surface area contributed by atoms with E-state index in [1.807, 2.05) is 6.07 Å². The third-order valence-electron chi connectivity index (χ3n) is 3.37. The second kappa shape index (κ2) is 5.76. The van der Waals surface area contributed by atoms with Gasteiger partial charge in [0.25, 0.3) is 0 Å². The van der Waals surface area contributed by atoms with E-state index in [2.05, 4.69) is 57.6 Å². The molecule has 1 aliphatic heterocycles. The third kappa shape index (κ3) is 3.17. The summed E-state index contributed by atoms with van der Waals surface area (Å²) in [7, 11) is 0. The van der Waals surface area contributed by atoms with Crippen LogP contribution < -0.4 is 5.32 Å². The van der Waals surface area contributed by atoms with Gasteiger partial charge in [0, 0.05) is 16.7 Å². The summed E-state index contributed by atoms with van der Waals surface area (Å²) in [6.45, 7) is 2.42. The number of ether oxygens (including phenoxy) is 1. The molecule has 1 heterocycles. The molecule has 0 amide bonds. The molecule has 2 nitrogen and oxygen atoms in total. The van der Waals surface area contributed by atoms with E-state index < -0.39 is 0 Å². The van der Waals surface area contributed by atoms with Gasteiger partial charge in [0.15, 0.2) is 0 Å². The molecule has 0 aliphatic carbocycles. The molecular formula is C16H16BrNO. The second-order valence-corrected chi connectivity index (χ2v) is 5.69. The largest absolute Gasteiger partial charge is 0.381 e. The number of nitrogens with one attached hydrogen (secondary N) is 1. The minimum absolute atomic E-state index is 0.738. The molecular weight excluding hydrogens is 302 g/mol. The Morgan fingerprint density at radius 3 is 2.95 bits per heavy atom. The van der Waals surface area contributed by atoms with Crippen molar-refractivity contribution in [1.82, 2.24) is 0 Å². The van der Waals surface area contributed by atoms with Crippen molar-refractivity contribution < 1.29 is 4.74 Å². The van der Waals surface area contributed by atoms with Crippen LogP contribution in [0.4, 0.5) is 5.69 Å². The summed E-state index contributed by atoms with van der Waals surface area (Å²) in [5.74, 6) is 0. The fourth-order valence-corrected chi connectivity index (χ4v) is 2.78. The average Bonchev–Trinajstić information content (AvgIpc) is 2.45. The number of anilines is 1. The normalized spacial score (nSPS) is 13.9. The second-order valence-electron chi connectivity index (χ2n) is 4.77. The maximum atomic E-state index is 5.50. The smallest absolute Gasteiger partial charge is 0.0720 e. The minimum Gasteiger partial charge on any atom is -0.381 e. The van der Waals surface area contributed by atoms with E-state index in [1.54, 1.807) is 0 Å². The Bertz CT molecular complexity index is 583. The maximum absolute atomic E-state index is 5.50. The third-order valence-corrected chi connectivity index (χ3v) is 3.86. The van der Waals surface area contributed by atoms with Crippen molar-refractivity contribution in [2.45, 2.75) is 19.6 Å². The Hall–Kier alpha value is -1.32. The zero-order valence-corrected chi connectivity index (χ0v) is 12.2. The van der Waals surface area contributed by atoms with Crippen LogP contribution in [0, 0.1) is 0 Å². The Kier molecular flexibility index (Phi) is 3.85. The summed E-state index contributed by atoms with van der Waals surface area (Å²) in [4.78, 5) is 0. The molecule has 19 heavy (non-hydrogen) atoms. The summed E-state index contributed by atoms with van der Waals surface area (Å²) < 4.78 is 6.61. The number of fused-ring (bicyclic) bond motifs is 1. The molecule has 2 aromatic carbocycles. The van der Waals surface area contributed by atoms with Crippen LogP contribution in [-0.4, -0.2) is 6.61 Å². The van der Waals surface area contributed by atoms with Crippen LogP contribution in [0.2, 0.25) is 0 Å². The summed E-state index contributed by atoms with van der Waals surface area (Å²) in [6, 6.07) is 14.9. The number of hydrogen-bond donors (Lipinski definition) is 1. The summed E-state index contributed by atoms with van der Waals surface area (Å²) in [5, 5.41) is 3.46. The highest BCUT2D eigenvalue weighted by Crippen LogP contribution is 2.21. The Labute approximate surface area is 121 Å². The van der Waals surface area contributed by atoms with Crippen LogP contribution >= 0.6 is 15.9 Å². The first-order chi connectivity index (χ1) is 9.31. The summed E-state index contributed by atoms with van der Waals surface area (Å²) in [5.41, 5.74) is 5.15. The molecule has 0 fully saturated rings. The van der Waals surface area contributed by atoms with Crippen LogP contribution in [0.25, 0.3) is 0 Å². The van der Waals surface area contributed by atoms with Crippen molar-refractivity contribution >= 4 is 21.6 Å². The van der Waals surface area contributed by atoms with Gasteiger partial charge in [0.1, 0.15) is 0 Å². The molecule has 0 saturated heterocycles. The predicted octanol–water partition coefficient (Wildman–Crippen LogP) is 4.13.